The Hall–Kier alpha value is 0.430. The van der Waals surface area contributed by atoms with Crippen molar-refractivity contribution in [3.63, 3.8) is 0 Å². The quantitative estimate of drug-likeness (QED) is 0.269. The molecule has 0 aliphatic rings. The van der Waals surface area contributed by atoms with Crippen LogP contribution in [0.25, 0.3) is 0 Å². The Morgan fingerprint density at radius 2 is 1.23 bits per heavy atom. The third kappa shape index (κ3) is 20.4. The zero-order valence-corrected chi connectivity index (χ0v) is 17.2. The maximum absolute atomic E-state index is 11.1. The summed E-state index contributed by atoms with van der Waals surface area (Å²) in [6.45, 7) is 3.22. The molecular weight excluding hydrogens is 285 g/mol. The number of unbranched alkanes of at least 4 members (excludes halogenated alkanes) is 12. The molecule has 0 heterocycles. The second-order valence-electron chi connectivity index (χ2n) is 6.00. The Balaban J connectivity index is -0.00000200. The normalized spacial score (nSPS) is 10.3. The summed E-state index contributed by atoms with van der Waals surface area (Å²) in [4.78, 5) is 11.1. The van der Waals surface area contributed by atoms with Gasteiger partial charge in [0.05, 0.1) is 13.0 Å². The van der Waals surface area contributed by atoms with E-state index in [-0.39, 0.29) is 37.0 Å². The van der Waals surface area contributed by atoms with Crippen LogP contribution in [0.5, 0.6) is 0 Å². The summed E-state index contributed by atoms with van der Waals surface area (Å²) in [7, 11) is 0. The van der Waals surface area contributed by atoms with Gasteiger partial charge in [-0.05, 0) is 6.42 Å². The average molecular weight is 323 g/mol. The minimum absolute atomic E-state index is 0. The van der Waals surface area contributed by atoms with Crippen LogP contribution in [-0.2, 0) is 9.53 Å². The van der Waals surface area contributed by atoms with E-state index in [9.17, 15) is 4.79 Å². The average Bonchev–Trinajstić information content (AvgIpc) is 2.48. The molecule has 0 aromatic rings. The standard InChI is InChI=1S/C18H37NO2.Na.H/c1-2-3-4-5-6-7-8-9-10-11-12-13-14-17-21-18(20)15-16-19;;/h2-17,19H2,1H3;;/q;+1;-1. The summed E-state index contributed by atoms with van der Waals surface area (Å²) < 4.78 is 5.06. The molecule has 0 aliphatic carbocycles. The molecule has 128 valence electrons. The van der Waals surface area contributed by atoms with Crippen LogP contribution in [0.1, 0.15) is 98.2 Å². The molecule has 22 heavy (non-hydrogen) atoms. The third-order valence-electron chi connectivity index (χ3n) is 3.86. The Kier molecular flexibility index (Phi) is 24.0. The van der Waals surface area contributed by atoms with Crippen LogP contribution in [0.4, 0.5) is 0 Å². The summed E-state index contributed by atoms with van der Waals surface area (Å²) in [6, 6.07) is 0. The molecule has 0 rings (SSSR count). The third-order valence-corrected chi connectivity index (χ3v) is 3.86. The largest absolute Gasteiger partial charge is 1.00 e. The number of esters is 1. The van der Waals surface area contributed by atoms with Crippen molar-refractivity contribution in [2.75, 3.05) is 13.2 Å². The number of hydrogen-bond acceptors (Lipinski definition) is 3. The zero-order valence-electron chi connectivity index (χ0n) is 16.2. The van der Waals surface area contributed by atoms with Gasteiger partial charge in [0.15, 0.2) is 0 Å². The van der Waals surface area contributed by atoms with Crippen molar-refractivity contribution in [2.45, 2.75) is 96.8 Å². The number of carbonyl (C=O) groups is 1. The molecule has 0 aliphatic heterocycles. The van der Waals surface area contributed by atoms with Gasteiger partial charge in [-0.25, -0.2) is 0 Å². The molecule has 0 unspecified atom stereocenters. The first-order valence-electron chi connectivity index (χ1n) is 9.17. The number of nitrogens with two attached hydrogens (primary N) is 1. The minimum Gasteiger partial charge on any atom is -1.00 e. The van der Waals surface area contributed by atoms with Gasteiger partial charge >= 0.3 is 35.5 Å². The van der Waals surface area contributed by atoms with Gasteiger partial charge < -0.3 is 11.9 Å². The van der Waals surface area contributed by atoms with Gasteiger partial charge in [0.25, 0.3) is 0 Å². The molecule has 4 heteroatoms. The van der Waals surface area contributed by atoms with E-state index in [0.717, 1.165) is 6.42 Å². The molecule has 3 nitrogen and oxygen atoms in total. The fourth-order valence-corrected chi connectivity index (χ4v) is 2.50. The fraction of sp³-hybridized carbons (Fsp3) is 0.944. The molecule has 0 saturated heterocycles. The Morgan fingerprint density at radius 3 is 1.64 bits per heavy atom. The van der Waals surface area contributed by atoms with E-state index in [4.69, 9.17) is 10.5 Å². The summed E-state index contributed by atoms with van der Waals surface area (Å²) >= 11 is 0. The summed E-state index contributed by atoms with van der Waals surface area (Å²) in [6.07, 6.45) is 17.7. The van der Waals surface area contributed by atoms with E-state index >= 15 is 0 Å². The SMILES string of the molecule is CCCCCCCCCCCCCCCOC(=O)CCN.[H-].[Na+]. The van der Waals surface area contributed by atoms with Gasteiger partial charge in [-0.2, -0.15) is 0 Å². The molecule has 0 saturated carbocycles. The van der Waals surface area contributed by atoms with Crippen LogP contribution in [0.15, 0.2) is 0 Å². The summed E-state index contributed by atoms with van der Waals surface area (Å²) in [5.41, 5.74) is 5.28. The predicted octanol–water partition coefficient (Wildman–Crippen LogP) is 2.09. The fourth-order valence-electron chi connectivity index (χ4n) is 2.50. The van der Waals surface area contributed by atoms with E-state index < -0.39 is 0 Å². The van der Waals surface area contributed by atoms with Gasteiger partial charge in [-0.15, -0.1) is 0 Å². The van der Waals surface area contributed by atoms with Crippen LogP contribution in [-0.4, -0.2) is 19.1 Å². The monoisotopic (exact) mass is 323 g/mol. The van der Waals surface area contributed by atoms with Crippen LogP contribution in [0, 0.1) is 0 Å². The molecule has 0 aromatic heterocycles. The Labute approximate surface area is 161 Å². The van der Waals surface area contributed by atoms with E-state index in [0.29, 0.717) is 19.6 Å². The second kappa shape index (κ2) is 21.4. The molecule has 0 aromatic carbocycles. The molecule has 0 amide bonds. The van der Waals surface area contributed by atoms with E-state index in [2.05, 4.69) is 6.92 Å². The molecule has 0 radical (unpaired) electrons. The topological polar surface area (TPSA) is 52.3 Å². The smallest absolute Gasteiger partial charge is 1.00 e. The van der Waals surface area contributed by atoms with E-state index in [1.54, 1.807) is 0 Å². The van der Waals surface area contributed by atoms with E-state index in [1.807, 2.05) is 0 Å². The Morgan fingerprint density at radius 1 is 0.818 bits per heavy atom. The van der Waals surface area contributed by atoms with Crippen molar-refractivity contribution in [1.82, 2.24) is 0 Å². The first-order chi connectivity index (χ1) is 10.3. The Bertz CT molecular complexity index is 231. The van der Waals surface area contributed by atoms with E-state index in [1.165, 1.54) is 77.0 Å². The molecule has 0 bridgehead atoms. The minimum atomic E-state index is -0.156. The van der Waals surface area contributed by atoms with Crippen LogP contribution in [0.3, 0.4) is 0 Å². The van der Waals surface area contributed by atoms with Gasteiger partial charge in [0.1, 0.15) is 0 Å². The van der Waals surface area contributed by atoms with Crippen LogP contribution >= 0.6 is 0 Å². The van der Waals surface area contributed by atoms with Gasteiger partial charge in [0, 0.05) is 6.54 Å². The van der Waals surface area contributed by atoms with Crippen molar-refractivity contribution in [2.24, 2.45) is 5.73 Å². The molecular formula is C18H38NNaO2. The first-order valence-corrected chi connectivity index (χ1v) is 9.17. The van der Waals surface area contributed by atoms with Crippen molar-refractivity contribution in [3.8, 4) is 0 Å². The molecule has 0 atom stereocenters. The molecule has 0 fully saturated rings. The van der Waals surface area contributed by atoms with Crippen molar-refractivity contribution < 1.29 is 40.5 Å². The van der Waals surface area contributed by atoms with Gasteiger partial charge in [0.2, 0.25) is 0 Å². The van der Waals surface area contributed by atoms with Crippen molar-refractivity contribution in [3.05, 3.63) is 0 Å². The second-order valence-corrected chi connectivity index (χ2v) is 6.00. The summed E-state index contributed by atoms with van der Waals surface area (Å²) in [5, 5.41) is 0. The van der Waals surface area contributed by atoms with Crippen LogP contribution < -0.4 is 35.3 Å². The zero-order chi connectivity index (χ0) is 15.6. The number of carbonyl (C=O) groups excluding carboxylic acids is 1. The number of rotatable bonds is 16. The van der Waals surface area contributed by atoms with Gasteiger partial charge in [-0.3, -0.25) is 4.79 Å². The predicted molar refractivity (Wildman–Crippen MR) is 91.4 cm³/mol. The number of ether oxygens (including phenoxy) is 1. The van der Waals surface area contributed by atoms with Gasteiger partial charge in [-0.1, -0.05) is 84.0 Å². The maximum Gasteiger partial charge on any atom is 1.00 e. The first kappa shape index (κ1) is 24.7. The number of hydrogen-bond donors (Lipinski definition) is 1. The van der Waals surface area contributed by atoms with Crippen molar-refractivity contribution >= 4 is 5.97 Å². The maximum atomic E-state index is 11.1. The summed E-state index contributed by atoms with van der Waals surface area (Å²) in [5.74, 6) is -0.156. The van der Waals surface area contributed by atoms with Crippen LogP contribution in [0.2, 0.25) is 0 Å². The van der Waals surface area contributed by atoms with Crippen molar-refractivity contribution in [1.29, 1.82) is 0 Å². The molecule has 2 N–H and O–H groups in total. The molecule has 0 spiro atoms.